The van der Waals surface area contributed by atoms with Crippen molar-refractivity contribution >= 4 is 11.9 Å². The van der Waals surface area contributed by atoms with Gasteiger partial charge in [0.05, 0.1) is 11.6 Å². The van der Waals surface area contributed by atoms with Gasteiger partial charge < -0.3 is 14.8 Å². The molecule has 2 heterocycles. The molecule has 1 unspecified atom stereocenters. The van der Waals surface area contributed by atoms with Crippen LogP contribution in [-0.2, 0) is 11.3 Å². The summed E-state index contributed by atoms with van der Waals surface area (Å²) in [5.41, 5.74) is 0.326. The van der Waals surface area contributed by atoms with E-state index >= 15 is 0 Å². The summed E-state index contributed by atoms with van der Waals surface area (Å²) in [4.78, 5) is 26.7. The van der Waals surface area contributed by atoms with Crippen LogP contribution >= 0.6 is 0 Å². The molecule has 1 aliphatic heterocycles. The molecule has 1 aromatic heterocycles. The molecule has 0 spiro atoms. The van der Waals surface area contributed by atoms with E-state index in [1.165, 1.54) is 0 Å². The van der Waals surface area contributed by atoms with E-state index in [0.29, 0.717) is 24.6 Å². The second-order valence-corrected chi connectivity index (χ2v) is 4.97. The number of rotatable bonds is 3. The third-order valence-corrected chi connectivity index (χ3v) is 3.68. The Kier molecular flexibility index (Phi) is 2.39. The number of imidazole rings is 1. The molecule has 0 aromatic carbocycles. The van der Waals surface area contributed by atoms with E-state index in [4.69, 9.17) is 0 Å². The lowest BCUT2D eigenvalue weighted by Gasteiger charge is -2.22. The van der Waals surface area contributed by atoms with Gasteiger partial charge in [-0.15, -0.1) is 0 Å². The lowest BCUT2D eigenvalue weighted by Crippen LogP contribution is -2.24. The molecule has 18 heavy (non-hydrogen) atoms. The van der Waals surface area contributed by atoms with Crippen LogP contribution in [0.4, 0.5) is 0 Å². The summed E-state index contributed by atoms with van der Waals surface area (Å²) >= 11 is 0. The van der Waals surface area contributed by atoms with Crippen LogP contribution in [0.5, 0.6) is 0 Å². The number of fused-ring (bicyclic) bond motifs is 1. The van der Waals surface area contributed by atoms with E-state index in [1.54, 1.807) is 0 Å². The van der Waals surface area contributed by atoms with Crippen molar-refractivity contribution in [2.24, 2.45) is 0 Å². The van der Waals surface area contributed by atoms with Gasteiger partial charge in [0.15, 0.2) is 5.69 Å². The Morgan fingerprint density at radius 1 is 1.22 bits per heavy atom. The van der Waals surface area contributed by atoms with E-state index in [0.717, 1.165) is 25.1 Å². The highest BCUT2D eigenvalue weighted by atomic mass is 16.4. The molecule has 0 radical (unpaired) electrons. The van der Waals surface area contributed by atoms with Gasteiger partial charge in [0, 0.05) is 12.5 Å². The van der Waals surface area contributed by atoms with Crippen molar-refractivity contribution < 1.29 is 19.8 Å². The zero-order chi connectivity index (χ0) is 12.9. The number of carboxylic acids is 2. The first-order valence-electron chi connectivity index (χ1n) is 6.16. The van der Waals surface area contributed by atoms with E-state index < -0.39 is 17.9 Å². The minimum atomic E-state index is -1.13. The lowest BCUT2D eigenvalue weighted by atomic mass is 9.94. The van der Waals surface area contributed by atoms with Crippen LogP contribution in [0.1, 0.15) is 59.5 Å². The van der Waals surface area contributed by atoms with Crippen molar-refractivity contribution in [2.45, 2.75) is 44.1 Å². The molecule has 6 nitrogen and oxygen atoms in total. The molecule has 2 N–H and O–H groups in total. The summed E-state index contributed by atoms with van der Waals surface area (Å²) in [6.45, 7) is 0.686. The van der Waals surface area contributed by atoms with Crippen LogP contribution in [0.25, 0.3) is 0 Å². The van der Waals surface area contributed by atoms with E-state index in [9.17, 15) is 19.8 Å². The number of aromatic nitrogens is 2. The van der Waals surface area contributed by atoms with Crippen molar-refractivity contribution in [2.75, 3.05) is 0 Å². The van der Waals surface area contributed by atoms with E-state index in [-0.39, 0.29) is 5.69 Å². The quantitative estimate of drug-likeness (QED) is 0.846. The van der Waals surface area contributed by atoms with Crippen LogP contribution in [0.2, 0.25) is 0 Å². The van der Waals surface area contributed by atoms with Crippen molar-refractivity contribution in [1.82, 2.24) is 9.55 Å². The first-order valence-corrected chi connectivity index (χ1v) is 6.16. The summed E-state index contributed by atoms with van der Waals surface area (Å²) in [5.74, 6) is -1.72. The van der Waals surface area contributed by atoms with Crippen LogP contribution < -0.4 is 0 Å². The Hall–Kier alpha value is -1.85. The summed E-state index contributed by atoms with van der Waals surface area (Å²) in [6.07, 6.45) is 3.30. The number of hydrogen-bond acceptors (Lipinski definition) is 3. The molecule has 1 fully saturated rings. The summed E-state index contributed by atoms with van der Waals surface area (Å²) < 4.78 is 1.84. The minimum Gasteiger partial charge on any atom is -0.481 e. The van der Waals surface area contributed by atoms with Gasteiger partial charge in [-0.1, -0.05) is 0 Å². The van der Waals surface area contributed by atoms with E-state index in [1.807, 2.05) is 4.57 Å². The van der Waals surface area contributed by atoms with Gasteiger partial charge in [-0.3, -0.25) is 4.79 Å². The average molecular weight is 250 g/mol. The number of carboxylic acid groups (broad SMARTS) is 2. The number of nitrogens with zero attached hydrogens (tertiary/aromatic N) is 2. The number of aromatic carboxylic acids is 1. The molecular weight excluding hydrogens is 236 g/mol. The summed E-state index contributed by atoms with van der Waals surface area (Å²) in [5, 5.41) is 18.4. The Bertz CT molecular complexity index is 530. The third-order valence-electron chi connectivity index (χ3n) is 3.68. The predicted molar refractivity (Wildman–Crippen MR) is 60.8 cm³/mol. The SMILES string of the molecule is O=C(O)c1nc(C2CC2)n2c1C(C(=O)O)CCC2. The largest absolute Gasteiger partial charge is 0.481 e. The fourth-order valence-corrected chi connectivity index (χ4v) is 2.71. The van der Waals surface area contributed by atoms with Crippen molar-refractivity contribution in [1.29, 1.82) is 0 Å². The highest BCUT2D eigenvalue weighted by Crippen LogP contribution is 2.43. The van der Waals surface area contributed by atoms with Crippen molar-refractivity contribution in [3.05, 3.63) is 17.2 Å². The second kappa shape index (κ2) is 3.83. The highest BCUT2D eigenvalue weighted by molar-refractivity contribution is 5.90. The lowest BCUT2D eigenvalue weighted by molar-refractivity contribution is -0.139. The van der Waals surface area contributed by atoms with Crippen LogP contribution in [-0.4, -0.2) is 31.7 Å². The standard InChI is InChI=1S/C12H14N2O4/c15-11(16)7-2-1-5-14-9(7)8(12(17)18)13-10(14)6-3-4-6/h6-7H,1-5H2,(H,15,16)(H,17,18). The molecule has 3 rings (SSSR count). The van der Waals surface area contributed by atoms with Gasteiger partial charge in [-0.25, -0.2) is 9.78 Å². The molecule has 1 atom stereocenters. The molecular formula is C12H14N2O4. The van der Waals surface area contributed by atoms with Crippen molar-refractivity contribution in [3.8, 4) is 0 Å². The smallest absolute Gasteiger partial charge is 0.356 e. The molecule has 0 amide bonds. The number of hydrogen-bond donors (Lipinski definition) is 2. The molecule has 0 saturated heterocycles. The monoisotopic (exact) mass is 250 g/mol. The van der Waals surface area contributed by atoms with Gasteiger partial charge in [0.25, 0.3) is 0 Å². The Morgan fingerprint density at radius 3 is 2.50 bits per heavy atom. The highest BCUT2D eigenvalue weighted by Gasteiger charge is 2.38. The van der Waals surface area contributed by atoms with Gasteiger partial charge in [0.2, 0.25) is 0 Å². The normalized spacial score (nSPS) is 22.6. The zero-order valence-electron chi connectivity index (χ0n) is 9.80. The molecule has 6 heteroatoms. The number of aliphatic carboxylic acids is 1. The fraction of sp³-hybridized carbons (Fsp3) is 0.583. The third kappa shape index (κ3) is 1.60. The molecule has 1 saturated carbocycles. The van der Waals surface area contributed by atoms with Gasteiger partial charge in [-0.2, -0.15) is 0 Å². The van der Waals surface area contributed by atoms with Crippen LogP contribution in [0, 0.1) is 0 Å². The second-order valence-electron chi connectivity index (χ2n) is 4.97. The van der Waals surface area contributed by atoms with Crippen LogP contribution in [0.3, 0.4) is 0 Å². The average Bonchev–Trinajstić information content (AvgIpc) is 3.08. The molecule has 0 bridgehead atoms. The van der Waals surface area contributed by atoms with Gasteiger partial charge >= 0.3 is 11.9 Å². The maximum absolute atomic E-state index is 11.3. The first-order chi connectivity index (χ1) is 8.59. The maximum atomic E-state index is 11.3. The topological polar surface area (TPSA) is 92.4 Å². The van der Waals surface area contributed by atoms with Gasteiger partial charge in [0.1, 0.15) is 5.82 Å². The summed E-state index contributed by atoms with van der Waals surface area (Å²) in [6, 6.07) is 0. The Balaban J connectivity index is 2.16. The maximum Gasteiger partial charge on any atom is 0.356 e. The van der Waals surface area contributed by atoms with Crippen molar-refractivity contribution in [3.63, 3.8) is 0 Å². The first kappa shape index (κ1) is 11.3. The van der Waals surface area contributed by atoms with E-state index in [2.05, 4.69) is 4.98 Å². The molecule has 2 aliphatic rings. The molecule has 1 aliphatic carbocycles. The minimum absolute atomic E-state index is 0.0657. The van der Waals surface area contributed by atoms with Crippen LogP contribution in [0.15, 0.2) is 0 Å². The predicted octanol–water partition coefficient (Wildman–Crippen LogP) is 1.42. The Morgan fingerprint density at radius 2 is 1.94 bits per heavy atom. The number of carbonyl (C=O) groups is 2. The fourth-order valence-electron chi connectivity index (χ4n) is 2.71. The Labute approximate surface area is 103 Å². The molecule has 96 valence electrons. The summed E-state index contributed by atoms with van der Waals surface area (Å²) in [7, 11) is 0. The zero-order valence-corrected chi connectivity index (χ0v) is 9.80. The van der Waals surface area contributed by atoms with Gasteiger partial charge in [-0.05, 0) is 25.7 Å². The molecule has 1 aromatic rings.